The number of aromatic nitrogens is 1. The van der Waals surface area contributed by atoms with Gasteiger partial charge in [-0.2, -0.15) is 0 Å². The molecule has 2 amide bonds. The topological polar surface area (TPSA) is 66.7 Å². The van der Waals surface area contributed by atoms with Gasteiger partial charge in [0.25, 0.3) is 5.91 Å². The van der Waals surface area contributed by atoms with Crippen molar-refractivity contribution >= 4 is 34.8 Å². The maximum Gasteiger partial charge on any atom is 0.259 e. The number of halogens is 1. The molecule has 7 heteroatoms. The van der Waals surface area contributed by atoms with Crippen molar-refractivity contribution in [2.45, 2.75) is 26.7 Å². The highest BCUT2D eigenvalue weighted by Gasteiger charge is 2.26. The second-order valence-electron chi connectivity index (χ2n) is 5.85. The lowest BCUT2D eigenvalue weighted by Gasteiger charge is -2.20. The summed E-state index contributed by atoms with van der Waals surface area (Å²) in [6.07, 6.45) is 1.36. The Bertz CT molecular complexity index is 796. The van der Waals surface area contributed by atoms with E-state index in [2.05, 4.69) is 5.16 Å². The van der Waals surface area contributed by atoms with E-state index >= 15 is 0 Å². The molecule has 1 aromatic heterocycles. The van der Waals surface area contributed by atoms with Gasteiger partial charge in [-0.15, -0.1) is 0 Å². The number of benzene rings is 1. The summed E-state index contributed by atoms with van der Waals surface area (Å²) in [5.74, 6) is 0.350. The maximum absolute atomic E-state index is 12.9. The van der Waals surface area contributed by atoms with Crippen LogP contribution in [-0.4, -0.2) is 30.6 Å². The minimum Gasteiger partial charge on any atom is -0.359 e. The number of rotatable bonds is 3. The number of carbonyl (C=O) groups is 2. The van der Waals surface area contributed by atoms with Crippen LogP contribution in [0.15, 0.2) is 22.7 Å². The summed E-state index contributed by atoms with van der Waals surface area (Å²) >= 11 is 6.23. The molecule has 0 saturated carbocycles. The Morgan fingerprint density at radius 3 is 2.71 bits per heavy atom. The lowest BCUT2D eigenvalue weighted by molar-refractivity contribution is -0.117. The molecule has 0 spiro atoms. The van der Waals surface area contributed by atoms with Gasteiger partial charge in [-0.3, -0.25) is 9.59 Å². The molecule has 126 valence electrons. The van der Waals surface area contributed by atoms with Gasteiger partial charge in [0.05, 0.1) is 10.6 Å². The van der Waals surface area contributed by atoms with Crippen LogP contribution in [0.3, 0.4) is 0 Å². The number of hydrogen-bond donors (Lipinski definition) is 0. The average Bonchev–Trinajstić information content (AvgIpc) is 3.12. The monoisotopic (exact) mass is 347 g/mol. The van der Waals surface area contributed by atoms with E-state index in [1.54, 1.807) is 44.0 Å². The Hall–Kier alpha value is -2.34. The predicted molar refractivity (Wildman–Crippen MR) is 91.7 cm³/mol. The third-order valence-corrected chi connectivity index (χ3v) is 4.53. The van der Waals surface area contributed by atoms with Gasteiger partial charge < -0.3 is 14.3 Å². The highest BCUT2D eigenvalue weighted by atomic mass is 35.5. The van der Waals surface area contributed by atoms with Crippen molar-refractivity contribution in [3.63, 3.8) is 0 Å². The molecule has 0 unspecified atom stereocenters. The maximum atomic E-state index is 12.9. The fourth-order valence-electron chi connectivity index (χ4n) is 3.01. The Kier molecular flexibility index (Phi) is 4.32. The highest BCUT2D eigenvalue weighted by Crippen LogP contribution is 2.30. The number of aryl methyl sites for hydroxylation is 2. The smallest absolute Gasteiger partial charge is 0.259 e. The van der Waals surface area contributed by atoms with Crippen LogP contribution in [0.4, 0.5) is 11.4 Å². The molecule has 1 aromatic carbocycles. The molecule has 2 heterocycles. The van der Waals surface area contributed by atoms with E-state index < -0.39 is 0 Å². The highest BCUT2D eigenvalue weighted by molar-refractivity contribution is 6.34. The van der Waals surface area contributed by atoms with Crippen LogP contribution >= 0.6 is 11.6 Å². The Morgan fingerprint density at radius 2 is 2.12 bits per heavy atom. The summed E-state index contributed by atoms with van der Waals surface area (Å²) in [6, 6.07) is 5.08. The number of anilines is 2. The minimum absolute atomic E-state index is 0.0646. The molecule has 0 bridgehead atoms. The van der Waals surface area contributed by atoms with E-state index in [-0.39, 0.29) is 11.8 Å². The van der Waals surface area contributed by atoms with Crippen molar-refractivity contribution in [3.8, 4) is 0 Å². The van der Waals surface area contributed by atoms with Gasteiger partial charge in [-0.1, -0.05) is 16.8 Å². The molecular formula is C17H18ClN3O3. The van der Waals surface area contributed by atoms with Crippen LogP contribution in [0.25, 0.3) is 0 Å². The predicted octanol–water partition coefficient (Wildman–Crippen LogP) is 3.35. The van der Waals surface area contributed by atoms with Crippen molar-refractivity contribution in [3.05, 3.63) is 40.2 Å². The molecule has 2 aromatic rings. The van der Waals surface area contributed by atoms with Gasteiger partial charge >= 0.3 is 0 Å². The third-order valence-electron chi connectivity index (χ3n) is 4.20. The zero-order valence-corrected chi connectivity index (χ0v) is 14.6. The van der Waals surface area contributed by atoms with E-state index in [1.807, 2.05) is 0 Å². The molecule has 0 aliphatic carbocycles. The van der Waals surface area contributed by atoms with Crippen molar-refractivity contribution in [1.82, 2.24) is 5.16 Å². The average molecular weight is 348 g/mol. The molecule has 1 fully saturated rings. The second-order valence-corrected chi connectivity index (χ2v) is 6.26. The van der Waals surface area contributed by atoms with Gasteiger partial charge in [-0.05, 0) is 38.5 Å². The summed E-state index contributed by atoms with van der Waals surface area (Å²) in [5, 5.41) is 4.21. The lowest BCUT2D eigenvalue weighted by Crippen LogP contribution is -2.28. The number of carbonyl (C=O) groups excluding carboxylic acids is 2. The SMILES string of the molecule is Cc1noc(C)c1N(C)C(=O)c1cc(N2CCCC2=O)ccc1Cl. The first-order valence-electron chi connectivity index (χ1n) is 7.71. The second kappa shape index (κ2) is 6.28. The summed E-state index contributed by atoms with van der Waals surface area (Å²) in [5.41, 5.74) is 2.29. The van der Waals surface area contributed by atoms with Crippen LogP contribution in [0.2, 0.25) is 5.02 Å². The summed E-state index contributed by atoms with van der Waals surface area (Å²) in [6.45, 7) is 4.18. The Morgan fingerprint density at radius 1 is 1.38 bits per heavy atom. The van der Waals surface area contributed by atoms with E-state index in [0.717, 1.165) is 6.42 Å². The van der Waals surface area contributed by atoms with Crippen molar-refractivity contribution < 1.29 is 14.1 Å². The fourth-order valence-corrected chi connectivity index (χ4v) is 3.20. The van der Waals surface area contributed by atoms with E-state index in [1.165, 1.54) is 4.90 Å². The third kappa shape index (κ3) is 2.78. The zero-order chi connectivity index (χ0) is 17.4. The Labute approximate surface area is 145 Å². The van der Waals surface area contributed by atoms with Crippen LogP contribution in [0.5, 0.6) is 0 Å². The summed E-state index contributed by atoms with van der Waals surface area (Å²) < 4.78 is 5.12. The van der Waals surface area contributed by atoms with Gasteiger partial charge in [-0.25, -0.2) is 0 Å². The largest absolute Gasteiger partial charge is 0.359 e. The van der Waals surface area contributed by atoms with Crippen LogP contribution in [0, 0.1) is 13.8 Å². The van der Waals surface area contributed by atoms with Crippen molar-refractivity contribution in [1.29, 1.82) is 0 Å². The Balaban J connectivity index is 1.96. The molecule has 6 nitrogen and oxygen atoms in total. The molecule has 0 radical (unpaired) electrons. The van der Waals surface area contributed by atoms with Crippen LogP contribution in [-0.2, 0) is 4.79 Å². The van der Waals surface area contributed by atoms with Crippen molar-refractivity contribution in [2.24, 2.45) is 0 Å². The van der Waals surface area contributed by atoms with Gasteiger partial charge in [0.1, 0.15) is 11.4 Å². The molecule has 24 heavy (non-hydrogen) atoms. The fraction of sp³-hybridized carbons (Fsp3) is 0.353. The molecule has 1 aliphatic heterocycles. The van der Waals surface area contributed by atoms with Gasteiger partial charge in [0, 0.05) is 25.7 Å². The summed E-state index contributed by atoms with van der Waals surface area (Å²) in [4.78, 5) is 28.0. The molecule has 0 N–H and O–H groups in total. The first-order valence-corrected chi connectivity index (χ1v) is 8.08. The summed E-state index contributed by atoms with van der Waals surface area (Å²) in [7, 11) is 1.65. The quantitative estimate of drug-likeness (QED) is 0.854. The van der Waals surface area contributed by atoms with Crippen LogP contribution < -0.4 is 9.80 Å². The molecule has 3 rings (SSSR count). The molecular weight excluding hydrogens is 330 g/mol. The molecule has 1 saturated heterocycles. The minimum atomic E-state index is -0.275. The standard InChI is InChI=1S/C17H18ClN3O3/c1-10-16(11(2)24-19-10)20(3)17(23)13-9-12(6-7-14(13)18)21-8-4-5-15(21)22/h6-7,9H,4-5,8H2,1-3H3. The van der Waals surface area contributed by atoms with E-state index in [9.17, 15) is 9.59 Å². The first-order chi connectivity index (χ1) is 11.4. The number of amides is 2. The number of hydrogen-bond acceptors (Lipinski definition) is 4. The van der Waals surface area contributed by atoms with Crippen molar-refractivity contribution in [2.75, 3.05) is 23.4 Å². The lowest BCUT2D eigenvalue weighted by atomic mass is 10.1. The molecule has 1 aliphatic rings. The first kappa shape index (κ1) is 16.5. The van der Waals surface area contributed by atoms with Gasteiger partial charge in [0.2, 0.25) is 5.91 Å². The molecule has 0 atom stereocenters. The van der Waals surface area contributed by atoms with Gasteiger partial charge in [0.15, 0.2) is 5.76 Å². The number of nitrogens with zero attached hydrogens (tertiary/aromatic N) is 3. The van der Waals surface area contributed by atoms with Crippen LogP contribution in [0.1, 0.15) is 34.7 Å². The van der Waals surface area contributed by atoms with E-state index in [4.69, 9.17) is 16.1 Å². The normalized spacial score (nSPS) is 14.3. The van der Waals surface area contributed by atoms with E-state index in [0.29, 0.717) is 46.4 Å². The zero-order valence-electron chi connectivity index (χ0n) is 13.8.